The highest BCUT2D eigenvalue weighted by atomic mass is 16.3. The van der Waals surface area contributed by atoms with Gasteiger partial charge >= 0.3 is 0 Å². The zero-order valence-corrected chi connectivity index (χ0v) is 20.2. The summed E-state index contributed by atoms with van der Waals surface area (Å²) in [5.41, 5.74) is 8.77. The monoisotopic (exact) mass is 494 g/mol. The number of ketones is 1. The number of benzene rings is 2. The van der Waals surface area contributed by atoms with Crippen LogP contribution in [-0.2, 0) is 21.5 Å². The van der Waals surface area contributed by atoms with E-state index in [0.29, 0.717) is 34.4 Å². The number of carbonyl (C=O) groups excluding carboxylic acids is 2. The van der Waals surface area contributed by atoms with Crippen LogP contribution in [0.4, 0.5) is 11.5 Å². The van der Waals surface area contributed by atoms with Crippen molar-refractivity contribution in [2.24, 2.45) is 0 Å². The van der Waals surface area contributed by atoms with E-state index in [1.54, 1.807) is 17.0 Å². The Kier molecular flexibility index (Phi) is 6.04. The van der Waals surface area contributed by atoms with E-state index in [1.165, 1.54) is 24.5 Å². The molecule has 0 aliphatic heterocycles. The Morgan fingerprint density at radius 2 is 1.86 bits per heavy atom. The third-order valence-corrected chi connectivity index (χ3v) is 6.59. The summed E-state index contributed by atoms with van der Waals surface area (Å²) < 4.78 is 1.82. The third-order valence-electron chi connectivity index (χ3n) is 6.59. The van der Waals surface area contributed by atoms with Crippen LogP contribution >= 0.6 is 0 Å². The van der Waals surface area contributed by atoms with Gasteiger partial charge in [0.15, 0.2) is 11.4 Å². The number of phenols is 1. The van der Waals surface area contributed by atoms with Gasteiger partial charge in [0.25, 0.3) is 0 Å². The Labute approximate surface area is 213 Å². The molecule has 0 saturated heterocycles. The number of phenolic OH excluding ortho intramolecular Hbond substituents is 1. The number of carbonyl (C=O) groups is 2. The number of aromatic hydroxyl groups is 1. The first kappa shape index (κ1) is 23.9. The molecule has 0 radical (unpaired) electrons. The van der Waals surface area contributed by atoms with Crippen molar-refractivity contribution in [3.05, 3.63) is 85.7 Å². The predicted octanol–water partition coefficient (Wildman–Crippen LogP) is 3.79. The SMILES string of the molecule is C=CC(=O)Cc1cc(O)cc(-c2nn(C3(CN(C(=O)C=C)c4ccccc4)CC3)c3ncnc(N)c23)c1. The first-order valence-electron chi connectivity index (χ1n) is 11.8. The highest BCUT2D eigenvalue weighted by molar-refractivity contribution is 6.01. The van der Waals surface area contributed by atoms with Gasteiger partial charge in [-0.1, -0.05) is 31.4 Å². The molecule has 2 aromatic heterocycles. The van der Waals surface area contributed by atoms with Crippen LogP contribution in [0, 0.1) is 0 Å². The van der Waals surface area contributed by atoms with Gasteiger partial charge in [0, 0.05) is 17.7 Å². The van der Waals surface area contributed by atoms with Crippen molar-refractivity contribution < 1.29 is 14.7 Å². The topological polar surface area (TPSA) is 127 Å². The standard InChI is InChI=1S/C28H26N6O3/c1-3-21(35)13-18-12-19(15-22(36)14-18)25-24-26(29)30-17-31-27(24)34(32-25)28(10-11-28)16-33(23(37)4-2)20-8-6-5-7-9-20/h3-9,12,14-15,17,36H,1-2,10-11,13,16H2,(H2,29,30,31). The summed E-state index contributed by atoms with van der Waals surface area (Å²) in [7, 11) is 0. The van der Waals surface area contributed by atoms with Crippen LogP contribution in [0.3, 0.4) is 0 Å². The zero-order valence-electron chi connectivity index (χ0n) is 20.2. The highest BCUT2D eigenvalue weighted by Crippen LogP contribution is 2.47. The molecule has 37 heavy (non-hydrogen) atoms. The van der Waals surface area contributed by atoms with Crippen LogP contribution < -0.4 is 10.6 Å². The maximum atomic E-state index is 12.9. The number of anilines is 2. The maximum absolute atomic E-state index is 12.9. The number of rotatable bonds is 9. The summed E-state index contributed by atoms with van der Waals surface area (Å²) >= 11 is 0. The van der Waals surface area contributed by atoms with Gasteiger partial charge in [-0.25, -0.2) is 14.6 Å². The van der Waals surface area contributed by atoms with E-state index < -0.39 is 5.54 Å². The van der Waals surface area contributed by atoms with E-state index in [9.17, 15) is 14.7 Å². The fourth-order valence-corrected chi connectivity index (χ4v) is 4.58. The van der Waals surface area contributed by atoms with Crippen molar-refractivity contribution in [1.82, 2.24) is 19.7 Å². The molecule has 0 unspecified atom stereocenters. The zero-order chi connectivity index (χ0) is 26.2. The average molecular weight is 495 g/mol. The van der Waals surface area contributed by atoms with Crippen molar-refractivity contribution in [1.29, 1.82) is 0 Å². The fourth-order valence-electron chi connectivity index (χ4n) is 4.58. The molecule has 1 saturated carbocycles. The largest absolute Gasteiger partial charge is 0.508 e. The van der Waals surface area contributed by atoms with Gasteiger partial charge in [0.2, 0.25) is 5.91 Å². The first-order valence-corrected chi connectivity index (χ1v) is 11.8. The fraction of sp³-hybridized carbons (Fsp3) is 0.179. The van der Waals surface area contributed by atoms with Gasteiger partial charge in [-0.3, -0.25) is 9.59 Å². The third kappa shape index (κ3) is 4.47. The quantitative estimate of drug-likeness (QED) is 0.339. The summed E-state index contributed by atoms with van der Waals surface area (Å²) in [6.45, 7) is 7.55. The smallest absolute Gasteiger partial charge is 0.250 e. The molecule has 0 spiro atoms. The Morgan fingerprint density at radius 3 is 2.54 bits per heavy atom. The van der Waals surface area contributed by atoms with E-state index in [4.69, 9.17) is 10.8 Å². The number of hydrogen-bond acceptors (Lipinski definition) is 7. The lowest BCUT2D eigenvalue weighted by molar-refractivity contribution is -0.115. The average Bonchev–Trinajstić information content (AvgIpc) is 3.57. The van der Waals surface area contributed by atoms with Crippen molar-refractivity contribution in [2.45, 2.75) is 24.8 Å². The highest BCUT2D eigenvalue weighted by Gasteiger charge is 2.49. The molecule has 9 heteroatoms. The molecule has 5 rings (SSSR count). The van der Waals surface area contributed by atoms with Crippen LogP contribution in [0.25, 0.3) is 22.3 Å². The van der Waals surface area contributed by atoms with Crippen LogP contribution in [0.1, 0.15) is 18.4 Å². The van der Waals surface area contributed by atoms with Gasteiger partial charge in [-0.15, -0.1) is 0 Å². The number of nitrogens with two attached hydrogens (primary N) is 1. The van der Waals surface area contributed by atoms with Gasteiger partial charge in [-0.05, 0) is 60.9 Å². The lowest BCUT2D eigenvalue weighted by Crippen LogP contribution is -2.39. The first-order chi connectivity index (χ1) is 17.8. The molecule has 1 amide bonds. The number of hydrogen-bond donors (Lipinski definition) is 2. The van der Waals surface area contributed by atoms with E-state index in [-0.39, 0.29) is 29.7 Å². The summed E-state index contributed by atoms with van der Waals surface area (Å²) in [4.78, 5) is 35.2. The van der Waals surface area contributed by atoms with E-state index >= 15 is 0 Å². The normalized spacial score (nSPS) is 13.7. The van der Waals surface area contributed by atoms with Gasteiger partial charge in [-0.2, -0.15) is 5.10 Å². The minimum atomic E-state index is -0.510. The minimum absolute atomic E-state index is 0.00421. The second-order valence-electron chi connectivity index (χ2n) is 9.14. The second kappa shape index (κ2) is 9.34. The van der Waals surface area contributed by atoms with Gasteiger partial charge < -0.3 is 15.7 Å². The molecule has 2 heterocycles. The number of aromatic nitrogens is 4. The maximum Gasteiger partial charge on any atom is 0.250 e. The lowest BCUT2D eigenvalue weighted by Gasteiger charge is -2.27. The van der Waals surface area contributed by atoms with Crippen LogP contribution in [-0.4, -0.2) is 43.1 Å². The Morgan fingerprint density at radius 1 is 1.11 bits per heavy atom. The van der Waals surface area contributed by atoms with E-state index in [0.717, 1.165) is 18.5 Å². The second-order valence-corrected chi connectivity index (χ2v) is 9.14. The summed E-state index contributed by atoms with van der Waals surface area (Å²) in [5.74, 6) is -0.140. The van der Waals surface area contributed by atoms with Crippen molar-refractivity contribution in [3.8, 4) is 17.0 Å². The minimum Gasteiger partial charge on any atom is -0.508 e. The molecule has 1 aliphatic carbocycles. The number of nitrogens with zero attached hydrogens (tertiary/aromatic N) is 5. The molecular formula is C28H26N6O3. The Hall–Kier alpha value is -4.79. The molecular weight excluding hydrogens is 468 g/mol. The molecule has 4 aromatic rings. The van der Waals surface area contributed by atoms with Crippen LogP contribution in [0.2, 0.25) is 0 Å². The van der Waals surface area contributed by atoms with Crippen LogP contribution in [0.15, 0.2) is 80.2 Å². The number of para-hydroxylation sites is 1. The molecule has 3 N–H and O–H groups in total. The van der Waals surface area contributed by atoms with Crippen molar-refractivity contribution in [3.63, 3.8) is 0 Å². The molecule has 1 aliphatic rings. The van der Waals surface area contributed by atoms with Crippen molar-refractivity contribution >= 4 is 34.2 Å². The molecule has 1 fully saturated rings. The number of amides is 1. The Bertz CT molecular complexity index is 1540. The summed E-state index contributed by atoms with van der Waals surface area (Å²) in [6, 6.07) is 14.3. The Balaban J connectivity index is 1.63. The number of allylic oxidation sites excluding steroid dienone is 1. The van der Waals surface area contributed by atoms with Gasteiger partial charge in [0.1, 0.15) is 23.6 Å². The van der Waals surface area contributed by atoms with Crippen molar-refractivity contribution in [2.75, 3.05) is 17.2 Å². The van der Waals surface area contributed by atoms with E-state index in [1.807, 2.05) is 35.0 Å². The predicted molar refractivity (Wildman–Crippen MR) is 142 cm³/mol. The number of nitrogen functional groups attached to an aromatic ring is 1. The molecule has 2 aromatic carbocycles. The van der Waals surface area contributed by atoms with E-state index in [2.05, 4.69) is 23.1 Å². The molecule has 0 atom stereocenters. The summed E-state index contributed by atoms with van der Waals surface area (Å²) in [5, 5.41) is 15.9. The summed E-state index contributed by atoms with van der Waals surface area (Å²) in [6.07, 6.45) is 5.58. The molecule has 9 nitrogen and oxygen atoms in total. The van der Waals surface area contributed by atoms with Gasteiger partial charge in [0.05, 0.1) is 17.5 Å². The molecule has 186 valence electrons. The number of fused-ring (bicyclic) bond motifs is 1. The van der Waals surface area contributed by atoms with Crippen LogP contribution in [0.5, 0.6) is 5.75 Å². The lowest BCUT2D eigenvalue weighted by atomic mass is 10.0. The molecule has 0 bridgehead atoms.